The maximum absolute atomic E-state index is 14.5. The fourth-order valence-corrected chi connectivity index (χ4v) is 7.39. The van der Waals surface area contributed by atoms with Gasteiger partial charge in [0.2, 0.25) is 21.7 Å². The minimum Gasteiger partial charge on any atom is -0.423 e. The van der Waals surface area contributed by atoms with Crippen LogP contribution in [0, 0.1) is 29.1 Å². The van der Waals surface area contributed by atoms with E-state index in [9.17, 15) is 45.2 Å². The molecule has 228 valence electrons. The lowest BCUT2D eigenvalue weighted by Gasteiger charge is -2.41. The summed E-state index contributed by atoms with van der Waals surface area (Å²) in [5, 5.41) is 18.9. The van der Waals surface area contributed by atoms with Gasteiger partial charge in [0, 0.05) is 12.2 Å². The Balaban J connectivity index is 1.46. The van der Waals surface area contributed by atoms with Crippen LogP contribution in [0.4, 0.5) is 27.6 Å². The standard InChI is InChI=1S/C29H28BF5N2O5S/c31-23-24(32)26(34)28(27(35)25(23)33)43(41,42)37-15-14-22(37)29(38)36(21-12-10-20(11-13-21)30(39)40)16-17-6-8-19(9-7-17)18-4-2-1-3-5-18/h6-13,18,22,39-40H,1-5,14-16H2/t22-/m1/s1. The van der Waals surface area contributed by atoms with E-state index in [0.717, 1.165) is 25.7 Å². The summed E-state index contributed by atoms with van der Waals surface area (Å²) < 4.78 is 97.0. The van der Waals surface area contributed by atoms with E-state index >= 15 is 0 Å². The van der Waals surface area contributed by atoms with Crippen molar-refractivity contribution in [1.29, 1.82) is 0 Å². The monoisotopic (exact) mass is 622 g/mol. The molecule has 1 amide bonds. The number of halogens is 5. The Morgan fingerprint density at radius 1 is 0.814 bits per heavy atom. The van der Waals surface area contributed by atoms with Gasteiger partial charge in [0.05, 0.1) is 6.54 Å². The topological polar surface area (TPSA) is 98.2 Å². The molecule has 2 fully saturated rings. The molecule has 2 N–H and O–H groups in total. The van der Waals surface area contributed by atoms with Crippen LogP contribution in [-0.2, 0) is 21.4 Å². The van der Waals surface area contributed by atoms with E-state index in [-0.39, 0.29) is 24.1 Å². The molecule has 0 spiro atoms. The second-order valence-corrected chi connectivity index (χ2v) is 12.6. The Labute approximate surface area is 245 Å². The zero-order chi connectivity index (χ0) is 31.1. The Hall–Kier alpha value is -3.33. The van der Waals surface area contributed by atoms with Crippen LogP contribution in [0.15, 0.2) is 53.4 Å². The normalized spacial score (nSPS) is 17.9. The Bertz CT molecular complexity index is 1590. The SMILES string of the molecule is O=C([C@H]1CCN1S(=O)(=O)c1c(F)c(F)c(F)c(F)c1F)N(Cc1ccc(C2CCCCC2)cc1)c1ccc(B(O)O)cc1. The van der Waals surface area contributed by atoms with E-state index in [1.165, 1.54) is 41.1 Å². The maximum Gasteiger partial charge on any atom is 0.488 e. The molecule has 0 aromatic heterocycles. The van der Waals surface area contributed by atoms with Gasteiger partial charge in [-0.1, -0.05) is 55.7 Å². The molecule has 2 aliphatic rings. The first kappa shape index (κ1) is 31.1. The fraction of sp³-hybridized carbons (Fsp3) is 0.345. The summed E-state index contributed by atoms with van der Waals surface area (Å²) in [7, 11) is -7.10. The lowest BCUT2D eigenvalue weighted by atomic mass is 9.80. The molecule has 1 heterocycles. The third-order valence-electron chi connectivity index (χ3n) is 8.16. The number of hydrogen-bond acceptors (Lipinski definition) is 5. The summed E-state index contributed by atoms with van der Waals surface area (Å²) in [6, 6.07) is 11.7. The third-order valence-corrected chi connectivity index (χ3v) is 10.1. The van der Waals surface area contributed by atoms with Crippen molar-refractivity contribution in [2.45, 2.75) is 61.9 Å². The summed E-state index contributed by atoms with van der Waals surface area (Å²) in [5.74, 6) is -12.7. The van der Waals surface area contributed by atoms with Gasteiger partial charge >= 0.3 is 7.12 Å². The van der Waals surface area contributed by atoms with Gasteiger partial charge in [-0.25, -0.2) is 30.4 Å². The van der Waals surface area contributed by atoms with Crippen molar-refractivity contribution < 1.29 is 45.2 Å². The minimum absolute atomic E-state index is 0.0439. The third kappa shape index (κ3) is 5.93. The zero-order valence-corrected chi connectivity index (χ0v) is 23.6. The quantitative estimate of drug-likeness (QED) is 0.171. The first-order valence-electron chi connectivity index (χ1n) is 13.8. The van der Waals surface area contributed by atoms with Gasteiger partial charge in [-0.15, -0.1) is 0 Å². The molecular weight excluding hydrogens is 594 g/mol. The summed E-state index contributed by atoms with van der Waals surface area (Å²) in [4.78, 5) is 13.0. The summed E-state index contributed by atoms with van der Waals surface area (Å²) in [6.07, 6.45) is 5.61. The van der Waals surface area contributed by atoms with Crippen LogP contribution in [0.25, 0.3) is 0 Å². The van der Waals surface area contributed by atoms with Crippen molar-refractivity contribution in [3.8, 4) is 0 Å². The summed E-state index contributed by atoms with van der Waals surface area (Å²) in [6.45, 7) is -0.435. The number of hydrogen-bond donors (Lipinski definition) is 2. The van der Waals surface area contributed by atoms with Gasteiger partial charge in [0.1, 0.15) is 6.04 Å². The van der Waals surface area contributed by atoms with E-state index in [4.69, 9.17) is 0 Å². The highest BCUT2D eigenvalue weighted by molar-refractivity contribution is 7.89. The Morgan fingerprint density at radius 3 is 1.88 bits per heavy atom. The van der Waals surface area contributed by atoms with E-state index < -0.39 is 69.6 Å². The van der Waals surface area contributed by atoms with Gasteiger partial charge in [-0.05, 0) is 53.9 Å². The molecule has 0 radical (unpaired) electrons. The second kappa shape index (κ2) is 12.3. The predicted octanol–water partition coefficient (Wildman–Crippen LogP) is 4.11. The van der Waals surface area contributed by atoms with Crippen LogP contribution in [0.1, 0.15) is 55.6 Å². The van der Waals surface area contributed by atoms with E-state index in [2.05, 4.69) is 0 Å². The fourth-order valence-electron chi connectivity index (χ4n) is 5.64. The van der Waals surface area contributed by atoms with Gasteiger partial charge in [-0.3, -0.25) is 4.79 Å². The molecular formula is C29H28BF5N2O5S. The molecule has 1 aliphatic heterocycles. The van der Waals surface area contributed by atoms with Crippen LogP contribution >= 0.6 is 0 Å². The number of benzene rings is 3. The molecule has 0 bridgehead atoms. The van der Waals surface area contributed by atoms with Gasteiger partial charge in [0.15, 0.2) is 28.2 Å². The van der Waals surface area contributed by atoms with Crippen LogP contribution in [0.3, 0.4) is 0 Å². The highest BCUT2D eigenvalue weighted by atomic mass is 32.2. The van der Waals surface area contributed by atoms with E-state index in [1.54, 1.807) is 0 Å². The largest absolute Gasteiger partial charge is 0.488 e. The van der Waals surface area contributed by atoms with Crippen molar-refractivity contribution in [3.63, 3.8) is 0 Å². The molecule has 3 aromatic carbocycles. The molecule has 14 heteroatoms. The zero-order valence-electron chi connectivity index (χ0n) is 22.8. The van der Waals surface area contributed by atoms with Gasteiger partial charge < -0.3 is 14.9 Å². The lowest BCUT2D eigenvalue weighted by Crippen LogP contribution is -2.59. The lowest BCUT2D eigenvalue weighted by molar-refractivity contribution is -0.125. The molecule has 1 atom stereocenters. The van der Waals surface area contributed by atoms with Crippen molar-refractivity contribution in [2.75, 3.05) is 11.4 Å². The van der Waals surface area contributed by atoms with Gasteiger partial charge in [0.25, 0.3) is 0 Å². The highest BCUT2D eigenvalue weighted by Gasteiger charge is 2.48. The molecule has 5 rings (SSSR count). The molecule has 0 unspecified atom stereocenters. The van der Waals surface area contributed by atoms with Crippen molar-refractivity contribution in [1.82, 2.24) is 4.31 Å². The minimum atomic E-state index is -5.32. The number of amides is 1. The summed E-state index contributed by atoms with van der Waals surface area (Å²) in [5.41, 5.74) is 2.24. The first-order valence-corrected chi connectivity index (χ1v) is 15.3. The number of anilines is 1. The molecule has 1 saturated carbocycles. The number of carbonyl (C=O) groups is 1. The predicted molar refractivity (Wildman–Crippen MR) is 148 cm³/mol. The van der Waals surface area contributed by atoms with E-state index in [1.807, 2.05) is 24.3 Å². The maximum atomic E-state index is 14.5. The smallest absolute Gasteiger partial charge is 0.423 e. The second-order valence-electron chi connectivity index (χ2n) is 10.8. The van der Waals surface area contributed by atoms with Crippen LogP contribution < -0.4 is 10.4 Å². The molecule has 7 nitrogen and oxygen atoms in total. The molecule has 3 aromatic rings. The van der Waals surface area contributed by atoms with Crippen molar-refractivity contribution >= 4 is 34.2 Å². The number of sulfonamides is 1. The number of rotatable bonds is 8. The van der Waals surface area contributed by atoms with Crippen LogP contribution in [0.5, 0.6) is 0 Å². The van der Waals surface area contributed by atoms with Crippen molar-refractivity contribution in [3.05, 3.63) is 88.7 Å². The Morgan fingerprint density at radius 2 is 1.37 bits per heavy atom. The van der Waals surface area contributed by atoms with E-state index in [0.29, 0.717) is 15.8 Å². The average Bonchev–Trinajstić information content (AvgIpc) is 2.97. The van der Waals surface area contributed by atoms with Crippen molar-refractivity contribution in [2.24, 2.45) is 0 Å². The Kier molecular flexibility index (Phi) is 8.93. The number of nitrogens with zero attached hydrogens (tertiary/aromatic N) is 2. The average molecular weight is 622 g/mol. The number of carbonyl (C=O) groups excluding carboxylic acids is 1. The highest BCUT2D eigenvalue weighted by Crippen LogP contribution is 2.36. The molecule has 1 saturated heterocycles. The van der Waals surface area contributed by atoms with Crippen LogP contribution in [0.2, 0.25) is 0 Å². The van der Waals surface area contributed by atoms with Gasteiger partial charge in [-0.2, -0.15) is 4.31 Å². The summed E-state index contributed by atoms with van der Waals surface area (Å²) >= 11 is 0. The molecule has 43 heavy (non-hydrogen) atoms. The molecule has 1 aliphatic carbocycles. The van der Waals surface area contributed by atoms with Crippen LogP contribution in [-0.4, -0.2) is 48.4 Å². The first-order chi connectivity index (χ1) is 20.4.